The molecule has 3 rings (SSSR count). The average Bonchev–Trinajstić information content (AvgIpc) is 2.77. The van der Waals surface area contributed by atoms with E-state index >= 15 is 0 Å². The normalized spacial score (nSPS) is 19.0. The summed E-state index contributed by atoms with van der Waals surface area (Å²) in [6.07, 6.45) is 1.92. The van der Waals surface area contributed by atoms with Crippen LogP contribution >= 0.6 is 0 Å². The number of nitrogens with zero attached hydrogens (tertiary/aromatic N) is 3. The first kappa shape index (κ1) is 24.0. The first-order valence-corrected chi connectivity index (χ1v) is 11.9. The number of benzene rings is 1. The van der Waals surface area contributed by atoms with Gasteiger partial charge in [-0.2, -0.15) is 4.72 Å². The first-order chi connectivity index (χ1) is 15.2. The molecular formula is C20H29N5O6S. The molecule has 0 spiro atoms. The second-order valence-electron chi connectivity index (χ2n) is 7.90. The monoisotopic (exact) mass is 467 g/mol. The van der Waals surface area contributed by atoms with Gasteiger partial charge in [-0.1, -0.05) is 6.07 Å². The third-order valence-electron chi connectivity index (χ3n) is 5.69. The molecule has 0 aliphatic carbocycles. The number of ether oxygens (including phenoxy) is 1. The van der Waals surface area contributed by atoms with Crippen LogP contribution in [-0.2, 0) is 24.4 Å². The summed E-state index contributed by atoms with van der Waals surface area (Å²) in [5, 5.41) is 0. The van der Waals surface area contributed by atoms with Gasteiger partial charge in [0.25, 0.3) is 5.91 Å². The van der Waals surface area contributed by atoms with Crippen LogP contribution in [0.5, 0.6) is 5.75 Å². The van der Waals surface area contributed by atoms with Crippen LogP contribution in [0, 0.1) is 0 Å². The largest absolute Gasteiger partial charge is 0.493 e. The van der Waals surface area contributed by atoms with Crippen molar-refractivity contribution in [3.05, 3.63) is 18.2 Å². The molecule has 176 valence electrons. The van der Waals surface area contributed by atoms with Gasteiger partial charge in [-0.05, 0) is 32.0 Å². The summed E-state index contributed by atoms with van der Waals surface area (Å²) in [4.78, 5) is 41.9. The standard InChI is InChI=1S/C20H29N5O6S/c1-23-10-12-24(13-11-23)20(28)17(19(21)27)22-32(29,30)15-7-5-6-14(18(15)31-2)25-9-4-3-8-16(25)26/h5-7,17,22H,3-4,8-13H2,1-2H3,(H2,21,27)/t17-/m0/s1. The molecule has 0 radical (unpaired) electrons. The van der Waals surface area contributed by atoms with Gasteiger partial charge in [0.1, 0.15) is 4.90 Å². The quantitative estimate of drug-likeness (QED) is 0.496. The number of piperidine rings is 1. The molecule has 0 saturated carbocycles. The van der Waals surface area contributed by atoms with Crippen molar-refractivity contribution >= 4 is 33.4 Å². The number of rotatable bonds is 7. The van der Waals surface area contributed by atoms with Gasteiger partial charge in [0.2, 0.25) is 21.8 Å². The van der Waals surface area contributed by atoms with E-state index in [2.05, 4.69) is 4.72 Å². The Hall–Kier alpha value is -2.70. The maximum atomic E-state index is 13.2. The number of primary amides is 1. The Balaban J connectivity index is 1.90. The van der Waals surface area contributed by atoms with Crippen LogP contribution in [0.25, 0.3) is 0 Å². The summed E-state index contributed by atoms with van der Waals surface area (Å²) in [5.41, 5.74) is 5.70. The van der Waals surface area contributed by atoms with Crippen molar-refractivity contribution in [3.8, 4) is 5.75 Å². The molecule has 2 saturated heterocycles. The van der Waals surface area contributed by atoms with E-state index in [4.69, 9.17) is 10.5 Å². The highest BCUT2D eigenvalue weighted by atomic mass is 32.2. The Kier molecular flexibility index (Phi) is 7.36. The fraction of sp³-hybridized carbons (Fsp3) is 0.550. The van der Waals surface area contributed by atoms with Crippen molar-refractivity contribution in [2.45, 2.75) is 30.2 Å². The molecule has 1 atom stereocenters. The summed E-state index contributed by atoms with van der Waals surface area (Å²) in [7, 11) is -1.19. The average molecular weight is 468 g/mol. The molecule has 3 amide bonds. The van der Waals surface area contributed by atoms with Gasteiger partial charge in [0.15, 0.2) is 11.8 Å². The molecule has 2 heterocycles. The zero-order chi connectivity index (χ0) is 23.5. The smallest absolute Gasteiger partial charge is 0.250 e. The lowest BCUT2D eigenvalue weighted by Gasteiger charge is -2.34. The lowest BCUT2D eigenvalue weighted by atomic mass is 10.1. The zero-order valence-electron chi connectivity index (χ0n) is 18.2. The minimum Gasteiger partial charge on any atom is -0.493 e. The van der Waals surface area contributed by atoms with Crippen molar-refractivity contribution < 1.29 is 27.5 Å². The number of amides is 3. The number of anilines is 1. The number of para-hydroxylation sites is 1. The Labute approximate surface area is 187 Å². The molecule has 0 bridgehead atoms. The fourth-order valence-corrected chi connectivity index (χ4v) is 5.20. The van der Waals surface area contributed by atoms with Crippen molar-refractivity contribution in [2.24, 2.45) is 5.73 Å². The van der Waals surface area contributed by atoms with Crippen LogP contribution in [0.1, 0.15) is 19.3 Å². The molecule has 3 N–H and O–H groups in total. The minimum atomic E-state index is -4.39. The topological polar surface area (TPSA) is 142 Å². The minimum absolute atomic E-state index is 0.0366. The van der Waals surface area contributed by atoms with E-state index < -0.39 is 27.9 Å². The molecule has 0 unspecified atom stereocenters. The Morgan fingerprint density at radius 2 is 1.81 bits per heavy atom. The number of sulfonamides is 1. The number of carbonyl (C=O) groups is 3. The third kappa shape index (κ3) is 5.03. The highest BCUT2D eigenvalue weighted by molar-refractivity contribution is 7.89. The van der Waals surface area contributed by atoms with Crippen LogP contribution < -0.4 is 20.1 Å². The number of methoxy groups -OCH3 is 1. The van der Waals surface area contributed by atoms with Gasteiger partial charge in [0, 0.05) is 39.1 Å². The second-order valence-corrected chi connectivity index (χ2v) is 9.58. The number of likely N-dealkylation sites (N-methyl/N-ethyl adjacent to an activating group) is 1. The molecule has 32 heavy (non-hydrogen) atoms. The van der Waals surface area contributed by atoms with Crippen molar-refractivity contribution in [1.82, 2.24) is 14.5 Å². The predicted molar refractivity (Wildman–Crippen MR) is 117 cm³/mol. The SMILES string of the molecule is COc1c(N2CCCCC2=O)cccc1S(=O)(=O)N[C@@H](C(N)=O)C(=O)N1CCN(C)CC1. The second kappa shape index (κ2) is 9.84. The summed E-state index contributed by atoms with van der Waals surface area (Å²) in [6, 6.07) is 2.61. The van der Waals surface area contributed by atoms with Crippen LogP contribution in [0.15, 0.2) is 23.1 Å². The van der Waals surface area contributed by atoms with Gasteiger partial charge >= 0.3 is 0 Å². The lowest BCUT2D eigenvalue weighted by Crippen LogP contribution is -2.58. The zero-order valence-corrected chi connectivity index (χ0v) is 19.1. The summed E-state index contributed by atoms with van der Waals surface area (Å²) in [6.45, 7) is 2.36. The highest BCUT2D eigenvalue weighted by Crippen LogP contribution is 2.36. The maximum Gasteiger partial charge on any atom is 0.250 e. The van der Waals surface area contributed by atoms with E-state index in [1.54, 1.807) is 6.07 Å². The molecule has 0 aromatic heterocycles. The van der Waals surface area contributed by atoms with Crippen LogP contribution in [0.3, 0.4) is 0 Å². The van der Waals surface area contributed by atoms with E-state index in [-0.39, 0.29) is 16.6 Å². The van der Waals surface area contributed by atoms with Crippen LogP contribution in [0.4, 0.5) is 5.69 Å². The summed E-state index contributed by atoms with van der Waals surface area (Å²) in [5.74, 6) is -1.96. The maximum absolute atomic E-state index is 13.2. The van der Waals surface area contributed by atoms with Crippen LogP contribution in [0.2, 0.25) is 0 Å². The van der Waals surface area contributed by atoms with Gasteiger partial charge < -0.3 is 25.2 Å². The lowest BCUT2D eigenvalue weighted by molar-refractivity contribution is -0.138. The highest BCUT2D eigenvalue weighted by Gasteiger charge is 2.36. The van der Waals surface area contributed by atoms with Crippen molar-refractivity contribution in [2.75, 3.05) is 51.8 Å². The molecular weight excluding hydrogens is 438 g/mol. The summed E-state index contributed by atoms with van der Waals surface area (Å²) < 4.78 is 33.9. The van der Waals surface area contributed by atoms with Crippen molar-refractivity contribution in [1.29, 1.82) is 0 Å². The number of nitrogens with one attached hydrogen (secondary N) is 1. The number of hydrogen-bond donors (Lipinski definition) is 2. The Bertz CT molecular complexity index is 990. The van der Waals surface area contributed by atoms with E-state index in [1.165, 1.54) is 29.0 Å². The van der Waals surface area contributed by atoms with Gasteiger partial charge in [-0.15, -0.1) is 0 Å². The van der Waals surface area contributed by atoms with Crippen molar-refractivity contribution in [3.63, 3.8) is 0 Å². The van der Waals surface area contributed by atoms with E-state index in [0.29, 0.717) is 44.8 Å². The molecule has 2 fully saturated rings. The molecule has 1 aromatic rings. The fourth-order valence-electron chi connectivity index (χ4n) is 3.85. The number of carbonyl (C=O) groups excluding carboxylic acids is 3. The van der Waals surface area contributed by atoms with E-state index in [9.17, 15) is 22.8 Å². The molecule has 11 nitrogen and oxygen atoms in total. The molecule has 2 aliphatic heterocycles. The van der Waals surface area contributed by atoms with Crippen LogP contribution in [-0.4, -0.2) is 88.9 Å². The number of nitrogens with two attached hydrogens (primary N) is 1. The molecule has 1 aromatic carbocycles. The Morgan fingerprint density at radius 3 is 2.41 bits per heavy atom. The predicted octanol–water partition coefficient (Wildman–Crippen LogP) is -0.882. The number of hydrogen-bond acceptors (Lipinski definition) is 7. The first-order valence-electron chi connectivity index (χ1n) is 10.4. The van der Waals surface area contributed by atoms with E-state index in [1.807, 2.05) is 11.9 Å². The van der Waals surface area contributed by atoms with Gasteiger partial charge in [-0.25, -0.2) is 8.42 Å². The van der Waals surface area contributed by atoms with Gasteiger partial charge in [0.05, 0.1) is 12.8 Å². The Morgan fingerprint density at radius 1 is 1.12 bits per heavy atom. The molecule has 2 aliphatic rings. The third-order valence-corrected chi connectivity index (χ3v) is 7.13. The van der Waals surface area contributed by atoms with Gasteiger partial charge in [-0.3, -0.25) is 14.4 Å². The summed E-state index contributed by atoms with van der Waals surface area (Å²) >= 11 is 0. The number of piperazine rings is 1. The van der Waals surface area contributed by atoms with E-state index in [0.717, 1.165) is 12.8 Å². The molecule has 12 heteroatoms.